The van der Waals surface area contributed by atoms with E-state index in [0.29, 0.717) is 0 Å². The highest BCUT2D eigenvalue weighted by atomic mass is 16.5. The van der Waals surface area contributed by atoms with Gasteiger partial charge < -0.3 is 4.74 Å². The van der Waals surface area contributed by atoms with E-state index in [4.69, 9.17) is 4.74 Å². The van der Waals surface area contributed by atoms with Crippen LogP contribution in [0.15, 0.2) is 24.3 Å². The van der Waals surface area contributed by atoms with Crippen LogP contribution in [0, 0.1) is 6.92 Å². The smallest absolute Gasteiger partial charge is 0.0462 e. The third-order valence-electron chi connectivity index (χ3n) is 2.43. The van der Waals surface area contributed by atoms with E-state index in [0.717, 1.165) is 6.61 Å². The molecule has 0 saturated carbocycles. The standard InChI is InChI=1S/C13H20O/c1-12-7-9-13(10-8-12)6-4-3-5-11-14-2/h7-10H,3-6,11H2,1-2H3. The number of rotatable bonds is 6. The molecular formula is C13H20O. The molecule has 1 heteroatoms. The Balaban J connectivity index is 2.15. The quantitative estimate of drug-likeness (QED) is 0.628. The third-order valence-corrected chi connectivity index (χ3v) is 2.43. The lowest BCUT2D eigenvalue weighted by Crippen LogP contribution is -1.90. The van der Waals surface area contributed by atoms with E-state index in [2.05, 4.69) is 31.2 Å². The zero-order valence-electron chi connectivity index (χ0n) is 9.25. The summed E-state index contributed by atoms with van der Waals surface area (Å²) in [5.74, 6) is 0. The Kier molecular flexibility index (Phi) is 5.31. The van der Waals surface area contributed by atoms with E-state index in [1.807, 2.05) is 0 Å². The van der Waals surface area contributed by atoms with Crippen LogP contribution < -0.4 is 0 Å². The molecule has 0 N–H and O–H groups in total. The van der Waals surface area contributed by atoms with E-state index < -0.39 is 0 Å². The van der Waals surface area contributed by atoms with Gasteiger partial charge in [-0.15, -0.1) is 0 Å². The molecule has 0 aromatic heterocycles. The summed E-state index contributed by atoms with van der Waals surface area (Å²) in [6.45, 7) is 3.02. The first kappa shape index (κ1) is 11.3. The van der Waals surface area contributed by atoms with E-state index in [1.165, 1.54) is 36.8 Å². The maximum absolute atomic E-state index is 5.01. The highest BCUT2D eigenvalue weighted by Gasteiger charge is 1.93. The van der Waals surface area contributed by atoms with Gasteiger partial charge >= 0.3 is 0 Å². The molecule has 1 nitrogen and oxygen atoms in total. The van der Waals surface area contributed by atoms with Crippen molar-refractivity contribution in [3.8, 4) is 0 Å². The van der Waals surface area contributed by atoms with E-state index in [9.17, 15) is 0 Å². The van der Waals surface area contributed by atoms with Crippen LogP contribution in [0.4, 0.5) is 0 Å². The molecule has 1 aromatic carbocycles. The summed E-state index contributed by atoms with van der Waals surface area (Å²) in [4.78, 5) is 0. The summed E-state index contributed by atoms with van der Waals surface area (Å²) in [6.07, 6.45) is 4.92. The molecule has 1 rings (SSSR count). The second-order valence-electron chi connectivity index (χ2n) is 3.79. The van der Waals surface area contributed by atoms with Crippen LogP contribution in [0.25, 0.3) is 0 Å². The maximum atomic E-state index is 5.01. The molecule has 0 heterocycles. The zero-order chi connectivity index (χ0) is 10.2. The number of methoxy groups -OCH3 is 1. The summed E-state index contributed by atoms with van der Waals surface area (Å²) in [5.41, 5.74) is 2.79. The highest BCUT2D eigenvalue weighted by Crippen LogP contribution is 2.08. The lowest BCUT2D eigenvalue weighted by Gasteiger charge is -2.02. The molecule has 0 saturated heterocycles. The van der Waals surface area contributed by atoms with Crippen molar-refractivity contribution >= 4 is 0 Å². The van der Waals surface area contributed by atoms with Gasteiger partial charge in [-0.05, 0) is 31.7 Å². The Hall–Kier alpha value is -0.820. The second-order valence-corrected chi connectivity index (χ2v) is 3.79. The summed E-state index contributed by atoms with van der Waals surface area (Å²) >= 11 is 0. The van der Waals surface area contributed by atoms with Crippen molar-refractivity contribution in [2.75, 3.05) is 13.7 Å². The lowest BCUT2D eigenvalue weighted by molar-refractivity contribution is 0.192. The van der Waals surface area contributed by atoms with E-state index in [-0.39, 0.29) is 0 Å². The van der Waals surface area contributed by atoms with Crippen molar-refractivity contribution in [3.63, 3.8) is 0 Å². The first-order chi connectivity index (χ1) is 6.83. The summed E-state index contributed by atoms with van der Waals surface area (Å²) in [5, 5.41) is 0. The molecule has 14 heavy (non-hydrogen) atoms. The van der Waals surface area contributed by atoms with Crippen molar-refractivity contribution in [2.24, 2.45) is 0 Å². The topological polar surface area (TPSA) is 9.23 Å². The molecule has 0 spiro atoms. The fourth-order valence-electron chi connectivity index (χ4n) is 1.51. The molecule has 0 aliphatic heterocycles. The van der Waals surface area contributed by atoms with Crippen LogP contribution in [0.5, 0.6) is 0 Å². The van der Waals surface area contributed by atoms with Gasteiger partial charge in [-0.3, -0.25) is 0 Å². The first-order valence-electron chi connectivity index (χ1n) is 5.37. The Labute approximate surface area is 87.1 Å². The van der Waals surface area contributed by atoms with Crippen LogP contribution in [-0.4, -0.2) is 13.7 Å². The highest BCUT2D eigenvalue weighted by molar-refractivity contribution is 5.21. The second kappa shape index (κ2) is 6.61. The number of hydrogen-bond acceptors (Lipinski definition) is 1. The van der Waals surface area contributed by atoms with Crippen molar-refractivity contribution in [2.45, 2.75) is 32.6 Å². The number of ether oxygens (including phenoxy) is 1. The van der Waals surface area contributed by atoms with Crippen molar-refractivity contribution < 1.29 is 4.74 Å². The van der Waals surface area contributed by atoms with Crippen LogP contribution in [0.2, 0.25) is 0 Å². The molecule has 0 amide bonds. The monoisotopic (exact) mass is 192 g/mol. The SMILES string of the molecule is COCCCCCc1ccc(C)cc1. The Morgan fingerprint density at radius 1 is 1.00 bits per heavy atom. The van der Waals surface area contributed by atoms with Gasteiger partial charge in [0.05, 0.1) is 0 Å². The van der Waals surface area contributed by atoms with Gasteiger partial charge in [0.25, 0.3) is 0 Å². The molecule has 0 radical (unpaired) electrons. The number of benzene rings is 1. The van der Waals surface area contributed by atoms with Crippen LogP contribution in [-0.2, 0) is 11.2 Å². The molecule has 0 atom stereocenters. The molecule has 0 aliphatic carbocycles. The minimum atomic E-state index is 0.897. The lowest BCUT2D eigenvalue weighted by atomic mass is 10.1. The van der Waals surface area contributed by atoms with Gasteiger partial charge in [-0.1, -0.05) is 36.2 Å². The number of unbranched alkanes of at least 4 members (excludes halogenated alkanes) is 2. The van der Waals surface area contributed by atoms with Gasteiger partial charge in [0, 0.05) is 13.7 Å². The van der Waals surface area contributed by atoms with Crippen LogP contribution in [0.1, 0.15) is 30.4 Å². The molecule has 0 bridgehead atoms. The third kappa shape index (κ3) is 4.43. The largest absolute Gasteiger partial charge is 0.385 e. The number of aryl methyl sites for hydroxylation is 2. The van der Waals surface area contributed by atoms with Crippen molar-refractivity contribution in [1.29, 1.82) is 0 Å². The molecule has 78 valence electrons. The van der Waals surface area contributed by atoms with Gasteiger partial charge in [0.1, 0.15) is 0 Å². The Bertz CT molecular complexity index is 238. The summed E-state index contributed by atoms with van der Waals surface area (Å²) in [6, 6.07) is 8.83. The Morgan fingerprint density at radius 2 is 1.71 bits per heavy atom. The molecule has 0 fully saturated rings. The fourth-order valence-corrected chi connectivity index (χ4v) is 1.51. The molecular weight excluding hydrogens is 172 g/mol. The molecule has 0 unspecified atom stereocenters. The summed E-state index contributed by atoms with van der Waals surface area (Å²) in [7, 11) is 1.76. The van der Waals surface area contributed by atoms with Crippen molar-refractivity contribution in [3.05, 3.63) is 35.4 Å². The predicted molar refractivity (Wildman–Crippen MR) is 60.6 cm³/mol. The predicted octanol–water partition coefficient (Wildman–Crippen LogP) is 3.35. The normalized spacial score (nSPS) is 10.4. The fraction of sp³-hybridized carbons (Fsp3) is 0.538. The minimum absolute atomic E-state index is 0.897. The van der Waals surface area contributed by atoms with Crippen LogP contribution >= 0.6 is 0 Å². The maximum Gasteiger partial charge on any atom is 0.0462 e. The summed E-state index contributed by atoms with van der Waals surface area (Å²) < 4.78 is 5.01. The van der Waals surface area contributed by atoms with E-state index in [1.54, 1.807) is 7.11 Å². The van der Waals surface area contributed by atoms with Gasteiger partial charge in [-0.2, -0.15) is 0 Å². The van der Waals surface area contributed by atoms with Gasteiger partial charge in [0.2, 0.25) is 0 Å². The zero-order valence-corrected chi connectivity index (χ0v) is 9.25. The van der Waals surface area contributed by atoms with Gasteiger partial charge in [-0.25, -0.2) is 0 Å². The number of hydrogen-bond donors (Lipinski definition) is 0. The average Bonchev–Trinajstić information content (AvgIpc) is 2.21. The first-order valence-corrected chi connectivity index (χ1v) is 5.37. The van der Waals surface area contributed by atoms with Crippen LogP contribution in [0.3, 0.4) is 0 Å². The van der Waals surface area contributed by atoms with E-state index >= 15 is 0 Å². The minimum Gasteiger partial charge on any atom is -0.385 e. The molecule has 1 aromatic rings. The van der Waals surface area contributed by atoms with Gasteiger partial charge in [0.15, 0.2) is 0 Å². The average molecular weight is 192 g/mol. The van der Waals surface area contributed by atoms with Crippen molar-refractivity contribution in [1.82, 2.24) is 0 Å². The molecule has 0 aliphatic rings. The Morgan fingerprint density at radius 3 is 2.36 bits per heavy atom.